The van der Waals surface area contributed by atoms with Crippen molar-refractivity contribution in [1.29, 1.82) is 0 Å². The van der Waals surface area contributed by atoms with Crippen LogP contribution in [0.4, 0.5) is 10.1 Å². The molecule has 1 amide bonds. The number of hydrogen-bond donors (Lipinski definition) is 1. The number of halogens is 1. The van der Waals surface area contributed by atoms with Crippen LogP contribution in [-0.2, 0) is 14.6 Å². The highest BCUT2D eigenvalue weighted by Crippen LogP contribution is 2.41. The lowest BCUT2D eigenvalue weighted by Crippen LogP contribution is -2.47. The van der Waals surface area contributed by atoms with Gasteiger partial charge in [0.2, 0.25) is 5.91 Å². The highest BCUT2D eigenvalue weighted by Gasteiger charge is 2.52. The molecule has 0 unspecified atom stereocenters. The first kappa shape index (κ1) is 16.6. The summed E-state index contributed by atoms with van der Waals surface area (Å²) in [6, 6.07) is 13.3. The van der Waals surface area contributed by atoms with Gasteiger partial charge in [0.1, 0.15) is 5.82 Å². The number of carbonyl (C=O) groups excluding carboxylic acids is 1. The predicted molar refractivity (Wildman–Crippen MR) is 89.9 cm³/mol. The summed E-state index contributed by atoms with van der Waals surface area (Å²) in [5, 5.41) is 2.64. The maximum Gasteiger partial charge on any atom is 0.246 e. The van der Waals surface area contributed by atoms with Crippen LogP contribution in [0.25, 0.3) is 0 Å². The van der Waals surface area contributed by atoms with Crippen molar-refractivity contribution in [3.8, 4) is 0 Å². The average molecular weight is 347 g/mol. The SMILES string of the molecule is O=C(Nc1ccc(F)cc1)C1(S(=O)(=O)c2ccccc2)CCCC1. The van der Waals surface area contributed by atoms with Crippen LogP contribution in [0.2, 0.25) is 0 Å². The van der Waals surface area contributed by atoms with Gasteiger partial charge in [0, 0.05) is 5.69 Å². The van der Waals surface area contributed by atoms with E-state index >= 15 is 0 Å². The van der Waals surface area contributed by atoms with Crippen LogP contribution in [0.15, 0.2) is 59.5 Å². The average Bonchev–Trinajstić information content (AvgIpc) is 3.09. The molecule has 0 aliphatic heterocycles. The first-order valence-corrected chi connectivity index (χ1v) is 9.31. The van der Waals surface area contributed by atoms with Crippen molar-refractivity contribution in [3.05, 3.63) is 60.4 Å². The first-order chi connectivity index (χ1) is 11.5. The van der Waals surface area contributed by atoms with Gasteiger partial charge in [-0.3, -0.25) is 4.79 Å². The summed E-state index contributed by atoms with van der Waals surface area (Å²) in [6.07, 6.45) is 1.94. The molecule has 3 rings (SSSR count). The number of rotatable bonds is 4. The third kappa shape index (κ3) is 2.82. The van der Waals surface area contributed by atoms with Crippen molar-refractivity contribution >= 4 is 21.4 Å². The quantitative estimate of drug-likeness (QED) is 0.920. The van der Waals surface area contributed by atoms with Crippen LogP contribution in [0, 0.1) is 5.82 Å². The number of benzene rings is 2. The fourth-order valence-electron chi connectivity index (χ4n) is 3.17. The van der Waals surface area contributed by atoms with Gasteiger partial charge in [0.25, 0.3) is 0 Å². The number of nitrogens with one attached hydrogen (secondary N) is 1. The minimum absolute atomic E-state index is 0.154. The third-order valence-corrected chi connectivity index (χ3v) is 7.01. The molecule has 0 heterocycles. The molecule has 1 aliphatic carbocycles. The van der Waals surface area contributed by atoms with Crippen LogP contribution >= 0.6 is 0 Å². The summed E-state index contributed by atoms with van der Waals surface area (Å²) in [4.78, 5) is 13.0. The summed E-state index contributed by atoms with van der Waals surface area (Å²) >= 11 is 0. The second-order valence-corrected chi connectivity index (χ2v) is 8.24. The number of amides is 1. The van der Waals surface area contributed by atoms with Crippen LogP contribution in [0.5, 0.6) is 0 Å². The van der Waals surface area contributed by atoms with Crippen molar-refractivity contribution < 1.29 is 17.6 Å². The van der Waals surface area contributed by atoms with Crippen molar-refractivity contribution in [2.45, 2.75) is 35.3 Å². The lowest BCUT2D eigenvalue weighted by atomic mass is 10.1. The van der Waals surface area contributed by atoms with Gasteiger partial charge in [-0.05, 0) is 49.2 Å². The first-order valence-electron chi connectivity index (χ1n) is 7.82. The summed E-state index contributed by atoms with van der Waals surface area (Å²) < 4.78 is 37.8. The third-order valence-electron chi connectivity index (χ3n) is 4.50. The Morgan fingerprint density at radius 3 is 2.12 bits per heavy atom. The van der Waals surface area contributed by atoms with Crippen LogP contribution < -0.4 is 5.32 Å². The molecular formula is C18H18FNO3S. The Labute approximate surface area is 140 Å². The summed E-state index contributed by atoms with van der Waals surface area (Å²) in [5.41, 5.74) is 0.385. The fourth-order valence-corrected chi connectivity index (χ4v) is 5.26. The van der Waals surface area contributed by atoms with E-state index in [4.69, 9.17) is 0 Å². The summed E-state index contributed by atoms with van der Waals surface area (Å²) in [6.45, 7) is 0. The largest absolute Gasteiger partial charge is 0.325 e. The minimum Gasteiger partial charge on any atom is -0.325 e. The monoisotopic (exact) mass is 347 g/mol. The van der Waals surface area contributed by atoms with Crippen molar-refractivity contribution in [2.24, 2.45) is 0 Å². The normalized spacial score (nSPS) is 16.7. The molecule has 4 nitrogen and oxygen atoms in total. The van der Waals surface area contributed by atoms with Crippen LogP contribution in [-0.4, -0.2) is 19.1 Å². The maximum absolute atomic E-state index is 13.1. The van der Waals surface area contributed by atoms with Crippen molar-refractivity contribution in [3.63, 3.8) is 0 Å². The van der Waals surface area contributed by atoms with Gasteiger partial charge in [0.15, 0.2) is 14.6 Å². The molecule has 1 N–H and O–H groups in total. The highest BCUT2D eigenvalue weighted by molar-refractivity contribution is 7.93. The molecule has 0 aromatic heterocycles. The van der Waals surface area contributed by atoms with Gasteiger partial charge in [-0.15, -0.1) is 0 Å². The molecule has 1 saturated carbocycles. The topological polar surface area (TPSA) is 63.2 Å². The molecule has 2 aromatic carbocycles. The Hall–Kier alpha value is -2.21. The molecule has 0 atom stereocenters. The van der Waals surface area contributed by atoms with E-state index in [9.17, 15) is 17.6 Å². The van der Waals surface area contributed by atoms with E-state index in [1.807, 2.05) is 0 Å². The standard InChI is InChI=1S/C18H18FNO3S/c19-14-8-10-15(11-9-14)20-17(21)18(12-4-5-13-18)24(22,23)16-6-2-1-3-7-16/h1-3,6-11H,4-5,12-13H2,(H,20,21). The molecule has 0 spiro atoms. The molecule has 0 radical (unpaired) electrons. The Balaban J connectivity index is 1.96. The second kappa shape index (κ2) is 6.36. The zero-order chi connectivity index (χ0) is 17.2. The summed E-state index contributed by atoms with van der Waals surface area (Å²) in [5.74, 6) is -0.962. The molecule has 0 bridgehead atoms. The van der Waals surface area contributed by atoms with E-state index in [-0.39, 0.29) is 17.7 Å². The van der Waals surface area contributed by atoms with Gasteiger partial charge in [0.05, 0.1) is 4.90 Å². The van der Waals surface area contributed by atoms with Crippen LogP contribution in [0.1, 0.15) is 25.7 Å². The molecule has 6 heteroatoms. The molecule has 2 aromatic rings. The highest BCUT2D eigenvalue weighted by atomic mass is 32.2. The molecule has 0 saturated heterocycles. The van der Waals surface area contributed by atoms with Gasteiger partial charge in [-0.25, -0.2) is 12.8 Å². The maximum atomic E-state index is 13.1. The van der Waals surface area contributed by atoms with Crippen molar-refractivity contribution in [1.82, 2.24) is 0 Å². The Bertz CT molecular complexity index is 826. The summed E-state index contributed by atoms with van der Waals surface area (Å²) in [7, 11) is -3.81. The van der Waals surface area contributed by atoms with Gasteiger partial charge in [-0.1, -0.05) is 31.0 Å². The van der Waals surface area contributed by atoms with E-state index in [1.165, 1.54) is 36.4 Å². The lowest BCUT2D eigenvalue weighted by molar-refractivity contribution is -0.118. The van der Waals surface area contributed by atoms with Gasteiger partial charge < -0.3 is 5.32 Å². The molecule has 1 fully saturated rings. The number of carbonyl (C=O) groups is 1. The van der Waals surface area contributed by atoms with Crippen LogP contribution in [0.3, 0.4) is 0 Å². The van der Waals surface area contributed by atoms with Gasteiger partial charge >= 0.3 is 0 Å². The molecule has 126 valence electrons. The van der Waals surface area contributed by atoms with E-state index in [2.05, 4.69) is 5.32 Å². The van der Waals surface area contributed by atoms with E-state index in [0.29, 0.717) is 18.5 Å². The smallest absolute Gasteiger partial charge is 0.246 e. The minimum atomic E-state index is -3.81. The molecule has 24 heavy (non-hydrogen) atoms. The van der Waals surface area contributed by atoms with Crippen molar-refractivity contribution in [2.75, 3.05) is 5.32 Å². The van der Waals surface area contributed by atoms with E-state index < -0.39 is 26.3 Å². The van der Waals surface area contributed by atoms with Gasteiger partial charge in [-0.2, -0.15) is 0 Å². The number of sulfone groups is 1. The zero-order valence-electron chi connectivity index (χ0n) is 13.0. The molecular weight excluding hydrogens is 329 g/mol. The molecule has 1 aliphatic rings. The zero-order valence-corrected chi connectivity index (χ0v) is 13.9. The predicted octanol–water partition coefficient (Wildman–Crippen LogP) is 3.55. The van der Waals surface area contributed by atoms with E-state index in [1.54, 1.807) is 18.2 Å². The van der Waals surface area contributed by atoms with E-state index in [0.717, 1.165) is 0 Å². The number of hydrogen-bond acceptors (Lipinski definition) is 3. The lowest BCUT2D eigenvalue weighted by Gasteiger charge is -2.27. The fraction of sp³-hybridized carbons (Fsp3) is 0.278. The Morgan fingerprint density at radius 2 is 1.54 bits per heavy atom. The second-order valence-electron chi connectivity index (χ2n) is 5.98. The Morgan fingerprint density at radius 1 is 0.958 bits per heavy atom. The Kier molecular flexibility index (Phi) is 4.41. The number of anilines is 1.